The highest BCUT2D eigenvalue weighted by molar-refractivity contribution is 5.85. The van der Waals surface area contributed by atoms with Crippen LogP contribution >= 0.6 is 0 Å². The van der Waals surface area contributed by atoms with Crippen LogP contribution in [0.2, 0.25) is 0 Å². The van der Waals surface area contributed by atoms with Crippen molar-refractivity contribution in [2.45, 2.75) is 6.92 Å². The lowest BCUT2D eigenvalue weighted by molar-refractivity contribution is 0.950. The molecule has 3 rings (SSSR count). The first kappa shape index (κ1) is 9.08. The number of nitrogen functional groups attached to an aromatic ring is 1. The fourth-order valence-corrected chi connectivity index (χ4v) is 1.79. The van der Waals surface area contributed by atoms with Gasteiger partial charge in [0.1, 0.15) is 0 Å². The molecule has 0 saturated heterocycles. The summed E-state index contributed by atoms with van der Waals surface area (Å²) in [6.45, 7) is 2.01. The van der Waals surface area contributed by atoms with E-state index >= 15 is 0 Å². The number of rotatable bonds is 0. The number of nitrogens with zero attached hydrogens (tertiary/aromatic N) is 4. The topological polar surface area (TPSA) is 69.6 Å². The Kier molecular flexibility index (Phi) is 1.65. The van der Waals surface area contributed by atoms with Crippen molar-refractivity contribution in [2.75, 3.05) is 5.73 Å². The number of aromatic nitrogens is 4. The summed E-state index contributed by atoms with van der Waals surface area (Å²) in [4.78, 5) is 13.2. The van der Waals surface area contributed by atoms with Gasteiger partial charge in [-0.25, -0.2) is 9.97 Å². The van der Waals surface area contributed by atoms with E-state index < -0.39 is 0 Å². The molecule has 3 aromatic rings. The van der Waals surface area contributed by atoms with E-state index in [9.17, 15) is 0 Å². The predicted octanol–water partition coefficient (Wildman–Crippen LogP) is 1.41. The molecule has 0 bridgehead atoms. The quantitative estimate of drug-likeness (QED) is 0.613. The van der Waals surface area contributed by atoms with Crippen molar-refractivity contribution in [3.63, 3.8) is 0 Å². The van der Waals surface area contributed by atoms with Gasteiger partial charge >= 0.3 is 0 Å². The van der Waals surface area contributed by atoms with Crippen LogP contribution in [0.1, 0.15) is 5.56 Å². The normalized spacial score (nSPS) is 11.4. The molecular formula is C11H11N5. The lowest BCUT2D eigenvalue weighted by Gasteiger charge is -2.00. The summed E-state index contributed by atoms with van der Waals surface area (Å²) in [5, 5.41) is 0. The summed E-state index contributed by atoms with van der Waals surface area (Å²) in [6.07, 6.45) is 0. The third-order valence-electron chi connectivity index (χ3n) is 2.74. The Hall–Kier alpha value is -2.17. The molecule has 0 unspecified atom stereocenters. The second kappa shape index (κ2) is 2.91. The Balaban J connectivity index is 2.54. The minimum Gasteiger partial charge on any atom is -0.369 e. The Morgan fingerprint density at radius 2 is 2.00 bits per heavy atom. The number of benzene rings is 1. The minimum absolute atomic E-state index is 0.433. The Bertz CT molecular complexity index is 698. The molecular weight excluding hydrogens is 202 g/mol. The smallest absolute Gasteiger partial charge is 0.203 e. The Morgan fingerprint density at radius 3 is 2.81 bits per heavy atom. The molecule has 0 spiro atoms. The van der Waals surface area contributed by atoms with Crippen molar-refractivity contribution in [2.24, 2.45) is 7.05 Å². The summed E-state index contributed by atoms with van der Waals surface area (Å²) >= 11 is 0. The molecule has 0 amide bonds. The largest absolute Gasteiger partial charge is 0.369 e. The standard InChI is InChI=1S/C11H11N5/c1-6-4-3-5-7-8(6)14-9-10(13-7)16(2)11(12)15-9/h3-5H,1-2H3,(H2,12,14,15). The average molecular weight is 213 g/mol. The van der Waals surface area contributed by atoms with Crippen molar-refractivity contribution < 1.29 is 0 Å². The van der Waals surface area contributed by atoms with Crippen LogP contribution in [0.25, 0.3) is 22.3 Å². The van der Waals surface area contributed by atoms with E-state index in [0.29, 0.717) is 11.6 Å². The van der Waals surface area contributed by atoms with Crippen molar-refractivity contribution >= 4 is 28.3 Å². The van der Waals surface area contributed by atoms with E-state index in [-0.39, 0.29) is 0 Å². The highest BCUT2D eigenvalue weighted by atomic mass is 15.2. The van der Waals surface area contributed by atoms with Gasteiger partial charge in [0.05, 0.1) is 11.0 Å². The molecule has 0 fully saturated rings. The summed E-state index contributed by atoms with van der Waals surface area (Å²) in [7, 11) is 1.83. The maximum Gasteiger partial charge on any atom is 0.203 e. The van der Waals surface area contributed by atoms with Crippen molar-refractivity contribution in [3.8, 4) is 0 Å². The van der Waals surface area contributed by atoms with E-state index in [1.165, 1.54) is 0 Å². The molecule has 16 heavy (non-hydrogen) atoms. The fraction of sp³-hybridized carbons (Fsp3) is 0.182. The van der Waals surface area contributed by atoms with Crippen LogP contribution in [0.4, 0.5) is 5.95 Å². The monoisotopic (exact) mass is 213 g/mol. The highest BCUT2D eigenvalue weighted by Crippen LogP contribution is 2.19. The summed E-state index contributed by atoms with van der Waals surface area (Å²) in [5.41, 5.74) is 9.89. The van der Waals surface area contributed by atoms with Gasteiger partial charge in [0.2, 0.25) is 5.95 Å². The Morgan fingerprint density at radius 1 is 1.19 bits per heavy atom. The second-order valence-corrected chi connectivity index (χ2v) is 3.84. The summed E-state index contributed by atoms with van der Waals surface area (Å²) < 4.78 is 1.74. The first-order chi connectivity index (χ1) is 7.66. The van der Waals surface area contributed by atoms with Crippen LogP contribution < -0.4 is 5.73 Å². The molecule has 80 valence electrons. The zero-order valence-corrected chi connectivity index (χ0v) is 9.10. The predicted molar refractivity (Wildman–Crippen MR) is 63.0 cm³/mol. The van der Waals surface area contributed by atoms with E-state index in [0.717, 1.165) is 22.2 Å². The van der Waals surface area contributed by atoms with Gasteiger partial charge < -0.3 is 5.73 Å². The van der Waals surface area contributed by atoms with Gasteiger partial charge in [-0.2, -0.15) is 4.98 Å². The number of nitrogens with two attached hydrogens (primary N) is 1. The van der Waals surface area contributed by atoms with E-state index in [1.807, 2.05) is 32.2 Å². The van der Waals surface area contributed by atoms with Gasteiger partial charge in [0.15, 0.2) is 11.3 Å². The molecule has 5 nitrogen and oxygen atoms in total. The molecule has 0 atom stereocenters. The molecule has 0 aliphatic carbocycles. The Labute approximate surface area is 91.9 Å². The molecule has 2 heterocycles. The number of imidazole rings is 1. The molecule has 0 saturated carbocycles. The van der Waals surface area contributed by atoms with Crippen molar-refractivity contribution in [1.82, 2.24) is 19.5 Å². The van der Waals surface area contributed by atoms with Gasteiger partial charge in [0.25, 0.3) is 0 Å². The van der Waals surface area contributed by atoms with Crippen LogP contribution in [0.15, 0.2) is 18.2 Å². The summed E-state index contributed by atoms with van der Waals surface area (Å²) in [6, 6.07) is 5.92. The third kappa shape index (κ3) is 1.08. The van der Waals surface area contributed by atoms with Crippen LogP contribution in [-0.2, 0) is 7.05 Å². The first-order valence-corrected chi connectivity index (χ1v) is 5.02. The SMILES string of the molecule is Cc1cccc2nc3c(nc(N)n3C)nc12. The maximum absolute atomic E-state index is 5.73. The molecule has 5 heteroatoms. The van der Waals surface area contributed by atoms with Gasteiger partial charge in [-0.05, 0) is 18.6 Å². The number of fused-ring (bicyclic) bond motifs is 2. The van der Waals surface area contributed by atoms with Gasteiger partial charge in [0, 0.05) is 7.05 Å². The molecule has 1 aromatic carbocycles. The van der Waals surface area contributed by atoms with Gasteiger partial charge in [-0.15, -0.1) is 0 Å². The fourth-order valence-electron chi connectivity index (χ4n) is 1.79. The molecule has 0 radical (unpaired) electrons. The zero-order valence-electron chi connectivity index (χ0n) is 9.10. The van der Waals surface area contributed by atoms with E-state index in [1.54, 1.807) is 4.57 Å². The zero-order chi connectivity index (χ0) is 11.3. The lowest BCUT2D eigenvalue weighted by atomic mass is 10.2. The van der Waals surface area contributed by atoms with E-state index in [4.69, 9.17) is 5.73 Å². The third-order valence-corrected chi connectivity index (χ3v) is 2.74. The number of hydrogen-bond donors (Lipinski definition) is 1. The van der Waals surface area contributed by atoms with Gasteiger partial charge in [-0.3, -0.25) is 4.57 Å². The number of anilines is 1. The van der Waals surface area contributed by atoms with Gasteiger partial charge in [-0.1, -0.05) is 12.1 Å². The van der Waals surface area contributed by atoms with Crippen LogP contribution in [-0.4, -0.2) is 19.5 Å². The van der Waals surface area contributed by atoms with Crippen molar-refractivity contribution in [3.05, 3.63) is 23.8 Å². The number of hydrogen-bond acceptors (Lipinski definition) is 4. The molecule has 0 aliphatic heterocycles. The number of aryl methyl sites for hydroxylation is 2. The van der Waals surface area contributed by atoms with Crippen molar-refractivity contribution in [1.29, 1.82) is 0 Å². The minimum atomic E-state index is 0.433. The lowest BCUT2D eigenvalue weighted by Crippen LogP contribution is -1.97. The van der Waals surface area contributed by atoms with Crippen LogP contribution in [0, 0.1) is 6.92 Å². The highest BCUT2D eigenvalue weighted by Gasteiger charge is 2.09. The molecule has 0 aliphatic rings. The van der Waals surface area contributed by atoms with Crippen LogP contribution in [0.5, 0.6) is 0 Å². The molecule has 2 N–H and O–H groups in total. The maximum atomic E-state index is 5.73. The number of para-hydroxylation sites is 1. The second-order valence-electron chi connectivity index (χ2n) is 3.84. The average Bonchev–Trinajstić information content (AvgIpc) is 2.54. The van der Waals surface area contributed by atoms with E-state index in [2.05, 4.69) is 15.0 Å². The van der Waals surface area contributed by atoms with Crippen LogP contribution in [0.3, 0.4) is 0 Å². The summed E-state index contributed by atoms with van der Waals surface area (Å²) in [5.74, 6) is 0.433. The molecule has 2 aromatic heterocycles. The first-order valence-electron chi connectivity index (χ1n) is 5.02.